The zero-order valence-electron chi connectivity index (χ0n) is 17.4. The molecule has 3 amide bonds. The lowest BCUT2D eigenvalue weighted by molar-refractivity contribution is 0.0827. The Bertz CT molecular complexity index is 797. The Balaban J connectivity index is 0.00000420. The monoisotopic (exact) mass is 446 g/mol. The van der Waals surface area contributed by atoms with Gasteiger partial charge in [0.05, 0.1) is 10.1 Å². The summed E-state index contributed by atoms with van der Waals surface area (Å²) in [6.07, 6.45) is 1.16. The summed E-state index contributed by atoms with van der Waals surface area (Å²) >= 11 is 0. The molecule has 2 rings (SSSR count). The van der Waals surface area contributed by atoms with Crippen molar-refractivity contribution in [3.05, 3.63) is 29.8 Å². The summed E-state index contributed by atoms with van der Waals surface area (Å²) in [4.78, 5) is 29.5. The van der Waals surface area contributed by atoms with Gasteiger partial charge in [-0.3, -0.25) is 4.79 Å². The van der Waals surface area contributed by atoms with E-state index >= 15 is 0 Å². The number of benzene rings is 1. The zero-order chi connectivity index (χ0) is 20.9. The highest BCUT2D eigenvalue weighted by molar-refractivity contribution is 7.92. The molecule has 0 aromatic heterocycles. The number of nitrogens with one attached hydrogen (secondary N) is 1. The van der Waals surface area contributed by atoms with E-state index in [9.17, 15) is 18.0 Å². The van der Waals surface area contributed by atoms with Crippen LogP contribution in [0.25, 0.3) is 0 Å². The molecule has 1 aliphatic rings. The standard InChI is InChI=1S/C19H30N4O4S.ClH/c1-21(2)13-11-20-19(25)23-12-5-6-17(14-23)28(26,27)16-9-7-15(8-10-16)18(24)22(3)4;/h7-10,17H,5-6,11-14H2,1-4H3,(H,20,25);1H. The molecule has 8 nitrogen and oxygen atoms in total. The van der Waals surface area contributed by atoms with Crippen LogP contribution in [0.2, 0.25) is 0 Å². The maximum atomic E-state index is 13.0. The van der Waals surface area contributed by atoms with Gasteiger partial charge in [0.25, 0.3) is 5.91 Å². The first-order chi connectivity index (χ1) is 13.1. The molecule has 1 aliphatic heterocycles. The molecule has 1 fully saturated rings. The normalized spacial score (nSPS) is 16.9. The van der Waals surface area contributed by atoms with Gasteiger partial charge >= 0.3 is 6.03 Å². The zero-order valence-corrected chi connectivity index (χ0v) is 19.1. The van der Waals surface area contributed by atoms with E-state index in [0.29, 0.717) is 31.5 Å². The topological polar surface area (TPSA) is 90.0 Å². The van der Waals surface area contributed by atoms with Gasteiger partial charge in [-0.2, -0.15) is 0 Å². The Labute approximate surface area is 179 Å². The number of amides is 3. The van der Waals surface area contributed by atoms with Crippen molar-refractivity contribution in [2.75, 3.05) is 54.4 Å². The highest BCUT2D eigenvalue weighted by Crippen LogP contribution is 2.24. The van der Waals surface area contributed by atoms with Gasteiger partial charge in [0.1, 0.15) is 0 Å². The number of carbonyl (C=O) groups excluding carboxylic acids is 2. The van der Waals surface area contributed by atoms with E-state index in [1.54, 1.807) is 19.0 Å². The molecule has 10 heteroatoms. The molecule has 1 aromatic carbocycles. The van der Waals surface area contributed by atoms with E-state index in [-0.39, 0.29) is 35.8 Å². The predicted octanol–water partition coefficient (Wildman–Crippen LogP) is 1.32. The molecule has 1 heterocycles. The van der Waals surface area contributed by atoms with Crippen LogP contribution in [-0.4, -0.2) is 94.7 Å². The third-order valence-electron chi connectivity index (χ3n) is 4.78. The van der Waals surface area contributed by atoms with Crippen molar-refractivity contribution >= 4 is 34.2 Å². The molecule has 0 aliphatic carbocycles. The molecule has 1 aromatic rings. The second-order valence-electron chi connectivity index (χ2n) is 7.51. The van der Waals surface area contributed by atoms with Crippen LogP contribution in [0.5, 0.6) is 0 Å². The number of sulfone groups is 1. The van der Waals surface area contributed by atoms with E-state index in [4.69, 9.17) is 0 Å². The van der Waals surface area contributed by atoms with Crippen molar-refractivity contribution in [2.24, 2.45) is 0 Å². The number of nitrogens with zero attached hydrogens (tertiary/aromatic N) is 3. The lowest BCUT2D eigenvalue weighted by atomic mass is 10.1. The first-order valence-electron chi connectivity index (χ1n) is 9.36. The number of hydrogen-bond acceptors (Lipinski definition) is 5. The van der Waals surface area contributed by atoms with Crippen LogP contribution in [0.1, 0.15) is 23.2 Å². The minimum Gasteiger partial charge on any atom is -0.345 e. The number of urea groups is 1. The van der Waals surface area contributed by atoms with Gasteiger partial charge in [0.2, 0.25) is 0 Å². The molecule has 0 radical (unpaired) electrons. The molecule has 1 N–H and O–H groups in total. The van der Waals surface area contributed by atoms with Crippen molar-refractivity contribution in [2.45, 2.75) is 23.0 Å². The summed E-state index contributed by atoms with van der Waals surface area (Å²) in [5.41, 5.74) is 0.439. The van der Waals surface area contributed by atoms with Crippen molar-refractivity contribution < 1.29 is 18.0 Å². The Morgan fingerprint density at radius 2 is 1.76 bits per heavy atom. The van der Waals surface area contributed by atoms with Crippen LogP contribution in [0.3, 0.4) is 0 Å². The summed E-state index contributed by atoms with van der Waals surface area (Å²) in [6, 6.07) is 5.78. The van der Waals surface area contributed by atoms with E-state index < -0.39 is 15.1 Å². The number of likely N-dealkylation sites (tertiary alicyclic amines) is 1. The average molecular weight is 447 g/mol. The van der Waals surface area contributed by atoms with Crippen LogP contribution >= 0.6 is 12.4 Å². The number of carbonyl (C=O) groups is 2. The second-order valence-corrected chi connectivity index (χ2v) is 9.74. The fourth-order valence-corrected chi connectivity index (χ4v) is 4.87. The number of hydrogen-bond donors (Lipinski definition) is 1. The molecule has 164 valence electrons. The molecular formula is C19H31ClN4O4S. The van der Waals surface area contributed by atoms with E-state index in [0.717, 1.165) is 6.54 Å². The van der Waals surface area contributed by atoms with Crippen molar-refractivity contribution in [1.29, 1.82) is 0 Å². The van der Waals surface area contributed by atoms with Crippen LogP contribution in [0, 0.1) is 0 Å². The molecule has 1 unspecified atom stereocenters. The molecule has 29 heavy (non-hydrogen) atoms. The highest BCUT2D eigenvalue weighted by Gasteiger charge is 2.33. The summed E-state index contributed by atoms with van der Waals surface area (Å²) in [5.74, 6) is -0.179. The smallest absolute Gasteiger partial charge is 0.317 e. The van der Waals surface area contributed by atoms with Crippen LogP contribution < -0.4 is 5.32 Å². The fourth-order valence-electron chi connectivity index (χ4n) is 3.11. The van der Waals surface area contributed by atoms with Crippen LogP contribution in [0.15, 0.2) is 29.2 Å². The minimum absolute atomic E-state index is 0. The Morgan fingerprint density at radius 3 is 2.31 bits per heavy atom. The first kappa shape index (κ1) is 25.2. The van der Waals surface area contributed by atoms with E-state index in [2.05, 4.69) is 5.32 Å². The lowest BCUT2D eigenvalue weighted by Gasteiger charge is -2.32. The Hall–Kier alpha value is -1.84. The van der Waals surface area contributed by atoms with Gasteiger partial charge in [-0.05, 0) is 51.2 Å². The van der Waals surface area contributed by atoms with E-state index in [1.807, 2.05) is 19.0 Å². The highest BCUT2D eigenvalue weighted by atomic mass is 35.5. The van der Waals surface area contributed by atoms with Gasteiger partial charge in [-0.25, -0.2) is 13.2 Å². The van der Waals surface area contributed by atoms with Crippen LogP contribution in [0.4, 0.5) is 4.79 Å². The maximum absolute atomic E-state index is 13.0. The quantitative estimate of drug-likeness (QED) is 0.711. The molecule has 0 saturated carbocycles. The van der Waals surface area contributed by atoms with Gasteiger partial charge in [0, 0.05) is 45.8 Å². The predicted molar refractivity (Wildman–Crippen MR) is 115 cm³/mol. The SMILES string of the molecule is CN(C)CCNC(=O)N1CCCC(S(=O)(=O)c2ccc(C(=O)N(C)C)cc2)C1.Cl. The molecule has 0 bridgehead atoms. The molecular weight excluding hydrogens is 416 g/mol. The number of likely N-dealkylation sites (N-methyl/N-ethyl adjacent to an activating group) is 1. The Morgan fingerprint density at radius 1 is 1.14 bits per heavy atom. The molecule has 1 atom stereocenters. The average Bonchev–Trinajstić information content (AvgIpc) is 2.67. The summed E-state index contributed by atoms with van der Waals surface area (Å²) < 4.78 is 26.0. The fraction of sp³-hybridized carbons (Fsp3) is 0.579. The number of rotatable bonds is 6. The lowest BCUT2D eigenvalue weighted by Crippen LogP contribution is -2.49. The van der Waals surface area contributed by atoms with Crippen molar-refractivity contribution in [3.63, 3.8) is 0 Å². The summed E-state index contributed by atoms with van der Waals surface area (Å²) in [5, 5.41) is 2.19. The van der Waals surface area contributed by atoms with Crippen LogP contribution in [-0.2, 0) is 9.84 Å². The van der Waals surface area contributed by atoms with E-state index in [1.165, 1.54) is 29.2 Å². The largest absolute Gasteiger partial charge is 0.345 e. The van der Waals surface area contributed by atoms with Crippen molar-refractivity contribution in [1.82, 2.24) is 20.0 Å². The maximum Gasteiger partial charge on any atom is 0.317 e. The van der Waals surface area contributed by atoms with Gasteiger partial charge < -0.3 is 20.0 Å². The third-order valence-corrected chi connectivity index (χ3v) is 6.97. The van der Waals surface area contributed by atoms with Gasteiger partial charge in [-0.1, -0.05) is 0 Å². The Kier molecular flexibility index (Phi) is 9.38. The summed E-state index contributed by atoms with van der Waals surface area (Å²) in [7, 11) is 3.56. The van der Waals surface area contributed by atoms with Crippen molar-refractivity contribution in [3.8, 4) is 0 Å². The second kappa shape index (κ2) is 10.8. The number of piperidine rings is 1. The molecule has 0 spiro atoms. The van der Waals surface area contributed by atoms with Gasteiger partial charge in [0.15, 0.2) is 9.84 Å². The third kappa shape index (κ3) is 6.58. The molecule has 1 saturated heterocycles. The van der Waals surface area contributed by atoms with Gasteiger partial charge in [-0.15, -0.1) is 12.4 Å². The minimum atomic E-state index is -3.58. The first-order valence-corrected chi connectivity index (χ1v) is 10.9. The number of halogens is 1. The summed E-state index contributed by atoms with van der Waals surface area (Å²) in [6.45, 7) is 1.96.